The maximum atomic E-state index is 13.5. The van der Waals surface area contributed by atoms with E-state index in [4.69, 9.17) is 4.99 Å². The third-order valence-corrected chi connectivity index (χ3v) is 7.50. The molecule has 1 amide bonds. The molecule has 4 heterocycles. The van der Waals surface area contributed by atoms with Crippen LogP contribution in [0.15, 0.2) is 22.5 Å². The Hall–Kier alpha value is -1.20. The third-order valence-electron chi connectivity index (χ3n) is 6.63. The van der Waals surface area contributed by atoms with Crippen molar-refractivity contribution in [2.75, 3.05) is 13.1 Å². The minimum atomic E-state index is -0.558. The molecular weight excluding hydrogens is 354 g/mol. The van der Waals surface area contributed by atoms with Crippen molar-refractivity contribution in [3.05, 3.63) is 22.4 Å². The van der Waals surface area contributed by atoms with Gasteiger partial charge in [0.15, 0.2) is 0 Å². The predicted molar refractivity (Wildman–Crippen MR) is 112 cm³/mol. The lowest BCUT2D eigenvalue weighted by atomic mass is 9.59. The minimum Gasteiger partial charge on any atom is -0.349 e. The zero-order valence-corrected chi connectivity index (χ0v) is 17.8. The molecule has 3 aliphatic heterocycles. The first kappa shape index (κ1) is 19.1. The van der Waals surface area contributed by atoms with E-state index in [1.54, 1.807) is 11.3 Å². The summed E-state index contributed by atoms with van der Waals surface area (Å²) in [7, 11) is 0. The zero-order chi connectivity index (χ0) is 19.2. The number of hydrogen-bond acceptors (Lipinski definition) is 4. The molecule has 1 aromatic heterocycles. The van der Waals surface area contributed by atoms with Crippen molar-refractivity contribution in [2.45, 2.75) is 58.7 Å². The van der Waals surface area contributed by atoms with E-state index in [0.717, 1.165) is 25.9 Å². The van der Waals surface area contributed by atoms with Crippen molar-refractivity contribution in [1.82, 2.24) is 10.2 Å². The Morgan fingerprint density at radius 3 is 2.85 bits per heavy atom. The second-order valence-electron chi connectivity index (χ2n) is 9.58. The fourth-order valence-corrected chi connectivity index (χ4v) is 6.41. The van der Waals surface area contributed by atoms with Crippen molar-refractivity contribution < 1.29 is 4.79 Å². The molecule has 27 heavy (non-hydrogen) atoms. The number of amides is 1. The van der Waals surface area contributed by atoms with Gasteiger partial charge >= 0.3 is 0 Å². The highest BCUT2D eigenvalue weighted by Crippen LogP contribution is 2.54. The zero-order valence-electron chi connectivity index (χ0n) is 17.0. The maximum absolute atomic E-state index is 13.5. The van der Waals surface area contributed by atoms with Crippen LogP contribution in [0.3, 0.4) is 0 Å². The standard InChI is InChI=1S/C22H33N3OS/c1-14(2)8-19-20-18-11-24-22(19,9-16(18)13-25(20)12-15(3)4)21(26)23-10-17-6-5-7-27-17/h5-7,11,14-16,18-20H,8-10,12-13H2,1-4H3,(H,23,26)/t16-,18-,19-,20+,22+/m1/s1. The van der Waals surface area contributed by atoms with Gasteiger partial charge in [-0.2, -0.15) is 0 Å². The molecule has 0 spiro atoms. The third kappa shape index (κ3) is 3.38. The van der Waals surface area contributed by atoms with Crippen molar-refractivity contribution in [1.29, 1.82) is 0 Å². The monoisotopic (exact) mass is 387 g/mol. The summed E-state index contributed by atoms with van der Waals surface area (Å²) < 4.78 is 0. The molecule has 4 aliphatic rings. The molecule has 5 atom stereocenters. The Morgan fingerprint density at radius 2 is 2.19 bits per heavy atom. The topological polar surface area (TPSA) is 44.7 Å². The average Bonchev–Trinajstić information content (AvgIpc) is 3.22. The van der Waals surface area contributed by atoms with E-state index in [0.29, 0.717) is 42.2 Å². The normalized spacial score (nSPS) is 34.7. The highest BCUT2D eigenvalue weighted by atomic mass is 32.1. The minimum absolute atomic E-state index is 0.150. The smallest absolute Gasteiger partial charge is 0.248 e. The Bertz CT molecular complexity index is 698. The predicted octanol–water partition coefficient (Wildman–Crippen LogP) is 3.83. The van der Waals surface area contributed by atoms with Crippen molar-refractivity contribution >= 4 is 23.5 Å². The van der Waals surface area contributed by atoms with Gasteiger partial charge in [0.1, 0.15) is 5.54 Å². The van der Waals surface area contributed by atoms with E-state index >= 15 is 0 Å². The van der Waals surface area contributed by atoms with Gasteiger partial charge in [-0.25, -0.2) is 0 Å². The van der Waals surface area contributed by atoms with E-state index < -0.39 is 5.54 Å². The lowest BCUT2D eigenvalue weighted by molar-refractivity contribution is -0.132. The van der Waals surface area contributed by atoms with Gasteiger partial charge in [0.05, 0.1) is 6.54 Å². The van der Waals surface area contributed by atoms with Gasteiger partial charge in [-0.15, -0.1) is 11.3 Å². The van der Waals surface area contributed by atoms with E-state index in [1.165, 1.54) is 4.88 Å². The van der Waals surface area contributed by atoms with Crippen molar-refractivity contribution in [3.8, 4) is 0 Å². The highest BCUT2D eigenvalue weighted by molar-refractivity contribution is 7.09. The van der Waals surface area contributed by atoms with Crippen LogP contribution in [0.2, 0.25) is 0 Å². The lowest BCUT2D eigenvalue weighted by Crippen LogP contribution is -2.63. The second-order valence-corrected chi connectivity index (χ2v) is 10.6. The summed E-state index contributed by atoms with van der Waals surface area (Å²) in [6.07, 6.45) is 4.15. The Balaban J connectivity index is 1.61. The molecule has 0 aromatic carbocycles. The molecule has 0 unspecified atom stereocenters. The van der Waals surface area contributed by atoms with Crippen molar-refractivity contribution in [3.63, 3.8) is 0 Å². The lowest BCUT2D eigenvalue weighted by Gasteiger charge is -2.51. The Morgan fingerprint density at radius 1 is 1.37 bits per heavy atom. The molecule has 1 aliphatic carbocycles. The number of nitrogens with zero attached hydrogens (tertiary/aromatic N) is 2. The van der Waals surface area contributed by atoms with E-state index in [9.17, 15) is 4.79 Å². The molecule has 1 saturated carbocycles. The summed E-state index contributed by atoms with van der Waals surface area (Å²) in [5.74, 6) is 2.84. The van der Waals surface area contributed by atoms with Crippen LogP contribution in [0.4, 0.5) is 0 Å². The SMILES string of the molecule is CC(C)C[C@@H]1[C@@H]2[C@@H]3C=N[C@@]1(C(=O)NCc1cccs1)C[C@@H]3CN2CC(C)C. The fourth-order valence-electron chi connectivity index (χ4n) is 5.76. The van der Waals surface area contributed by atoms with E-state index in [2.05, 4.69) is 55.6 Å². The second kappa shape index (κ2) is 7.32. The largest absolute Gasteiger partial charge is 0.349 e. The van der Waals surface area contributed by atoms with E-state index in [-0.39, 0.29) is 5.91 Å². The highest BCUT2D eigenvalue weighted by Gasteiger charge is 2.63. The average molecular weight is 388 g/mol. The number of likely N-dealkylation sites (tertiary alicyclic amines) is 1. The van der Waals surface area contributed by atoms with Crippen LogP contribution in [0.25, 0.3) is 0 Å². The summed E-state index contributed by atoms with van der Waals surface area (Å²) in [5.41, 5.74) is -0.558. The molecule has 0 radical (unpaired) electrons. The number of thiophene rings is 1. The van der Waals surface area contributed by atoms with Gasteiger partial charge in [-0.1, -0.05) is 33.8 Å². The number of carbonyl (C=O) groups excluding carboxylic acids is 1. The van der Waals surface area contributed by atoms with Gasteiger partial charge in [-0.3, -0.25) is 14.7 Å². The molecule has 1 saturated heterocycles. The molecule has 4 nitrogen and oxygen atoms in total. The first-order valence-electron chi connectivity index (χ1n) is 10.5. The van der Waals surface area contributed by atoms with Crippen LogP contribution in [0, 0.1) is 29.6 Å². The van der Waals surface area contributed by atoms with Gasteiger partial charge < -0.3 is 5.32 Å². The Kier molecular flexibility index (Phi) is 5.19. The first-order valence-corrected chi connectivity index (χ1v) is 11.4. The summed E-state index contributed by atoms with van der Waals surface area (Å²) in [5, 5.41) is 5.30. The van der Waals surface area contributed by atoms with Crippen LogP contribution >= 0.6 is 11.3 Å². The van der Waals surface area contributed by atoms with Gasteiger partial charge in [0.2, 0.25) is 5.91 Å². The number of carbonyl (C=O) groups is 1. The molecule has 5 heteroatoms. The molecular formula is C22H33N3OS. The fraction of sp³-hybridized carbons (Fsp3) is 0.727. The summed E-state index contributed by atoms with van der Waals surface area (Å²) >= 11 is 1.70. The van der Waals surface area contributed by atoms with E-state index in [1.807, 2.05) is 6.07 Å². The van der Waals surface area contributed by atoms with Gasteiger partial charge in [0.25, 0.3) is 0 Å². The summed E-state index contributed by atoms with van der Waals surface area (Å²) in [6, 6.07) is 4.61. The summed E-state index contributed by atoms with van der Waals surface area (Å²) in [4.78, 5) is 22.3. The number of nitrogens with one attached hydrogen (secondary N) is 1. The molecule has 148 valence electrons. The quantitative estimate of drug-likeness (QED) is 0.773. The maximum Gasteiger partial charge on any atom is 0.248 e. The molecule has 5 rings (SSSR count). The molecule has 1 N–H and O–H groups in total. The van der Waals surface area contributed by atoms with Crippen LogP contribution < -0.4 is 5.32 Å². The molecule has 4 bridgehead atoms. The number of aliphatic imine (C=N–C) groups is 1. The number of hydrogen-bond donors (Lipinski definition) is 1. The van der Waals surface area contributed by atoms with Crippen LogP contribution in [-0.4, -0.2) is 41.7 Å². The molecule has 1 aromatic rings. The van der Waals surface area contributed by atoms with Crippen LogP contribution in [0.5, 0.6) is 0 Å². The van der Waals surface area contributed by atoms with Gasteiger partial charge in [0, 0.05) is 42.1 Å². The van der Waals surface area contributed by atoms with Crippen molar-refractivity contribution in [2.24, 2.45) is 34.6 Å². The van der Waals surface area contributed by atoms with Gasteiger partial charge in [-0.05, 0) is 42.0 Å². The Labute approximate surface area is 167 Å². The molecule has 2 fully saturated rings. The number of rotatable bonds is 7. The van der Waals surface area contributed by atoms with Crippen LogP contribution in [-0.2, 0) is 11.3 Å². The summed E-state index contributed by atoms with van der Waals surface area (Å²) in [6.45, 7) is 12.0. The van der Waals surface area contributed by atoms with Crippen LogP contribution in [0.1, 0.15) is 45.4 Å². The first-order chi connectivity index (χ1) is 12.9.